The summed E-state index contributed by atoms with van der Waals surface area (Å²) < 4.78 is 5.46. The van der Waals surface area contributed by atoms with Crippen LogP contribution in [0.15, 0.2) is 5.38 Å². The molecule has 1 aromatic rings. The third-order valence-corrected chi connectivity index (χ3v) is 3.88. The normalized spacial score (nSPS) is 21.3. The van der Waals surface area contributed by atoms with Gasteiger partial charge in [-0.05, 0) is 27.7 Å². The van der Waals surface area contributed by atoms with Crippen molar-refractivity contribution < 1.29 is 4.74 Å². The Kier molecular flexibility index (Phi) is 4.25. The summed E-state index contributed by atoms with van der Waals surface area (Å²) in [6.07, 6.45) is 0. The Balaban J connectivity index is 1.97. The molecule has 1 atom stereocenters. The maximum Gasteiger partial charge on any atom is 0.185 e. The molecular weight excluding hydrogens is 246 g/mol. The zero-order valence-corrected chi connectivity index (χ0v) is 12.5. The van der Waals surface area contributed by atoms with E-state index in [0.29, 0.717) is 6.04 Å². The maximum absolute atomic E-state index is 5.46. The van der Waals surface area contributed by atoms with Crippen molar-refractivity contribution in [3.63, 3.8) is 0 Å². The average molecular weight is 269 g/mol. The van der Waals surface area contributed by atoms with Crippen molar-refractivity contribution in [1.82, 2.24) is 10.3 Å². The smallest absolute Gasteiger partial charge is 0.185 e. The van der Waals surface area contributed by atoms with E-state index in [1.807, 2.05) is 0 Å². The summed E-state index contributed by atoms with van der Waals surface area (Å²) in [6.45, 7) is 12.1. The zero-order chi connectivity index (χ0) is 13.2. The lowest BCUT2D eigenvalue weighted by Gasteiger charge is -2.32. The van der Waals surface area contributed by atoms with Crippen molar-refractivity contribution in [3.8, 4) is 0 Å². The summed E-state index contributed by atoms with van der Waals surface area (Å²) >= 11 is 1.73. The van der Waals surface area contributed by atoms with E-state index in [-0.39, 0.29) is 5.54 Å². The molecule has 0 radical (unpaired) electrons. The van der Waals surface area contributed by atoms with Gasteiger partial charge in [-0.15, -0.1) is 11.3 Å². The van der Waals surface area contributed by atoms with Crippen LogP contribution in [0.25, 0.3) is 0 Å². The number of aromatic nitrogens is 1. The van der Waals surface area contributed by atoms with E-state index in [2.05, 4.69) is 43.3 Å². The molecule has 1 saturated heterocycles. The van der Waals surface area contributed by atoms with Crippen LogP contribution in [0.3, 0.4) is 0 Å². The lowest BCUT2D eigenvalue weighted by molar-refractivity contribution is 0.0989. The van der Waals surface area contributed by atoms with Gasteiger partial charge in [0.1, 0.15) is 0 Å². The van der Waals surface area contributed by atoms with Gasteiger partial charge in [-0.2, -0.15) is 0 Å². The summed E-state index contributed by atoms with van der Waals surface area (Å²) in [5, 5.41) is 6.74. The number of hydrogen-bond acceptors (Lipinski definition) is 5. The van der Waals surface area contributed by atoms with Crippen LogP contribution in [-0.4, -0.2) is 36.3 Å². The summed E-state index contributed by atoms with van der Waals surface area (Å²) in [5.41, 5.74) is 1.26. The highest BCUT2D eigenvalue weighted by Gasteiger charge is 2.21. The first-order chi connectivity index (χ1) is 8.46. The minimum atomic E-state index is 0.135. The molecule has 0 aromatic carbocycles. The molecule has 2 rings (SSSR count). The van der Waals surface area contributed by atoms with E-state index in [0.717, 1.165) is 37.1 Å². The Morgan fingerprint density at radius 2 is 2.33 bits per heavy atom. The number of nitrogens with one attached hydrogen (secondary N) is 1. The molecule has 1 aliphatic heterocycles. The van der Waals surface area contributed by atoms with Crippen molar-refractivity contribution in [1.29, 1.82) is 0 Å². The van der Waals surface area contributed by atoms with Crippen molar-refractivity contribution in [3.05, 3.63) is 11.1 Å². The van der Waals surface area contributed by atoms with E-state index in [1.54, 1.807) is 11.3 Å². The standard InChI is InChI=1S/C13H23N3OS/c1-10-8-17-6-5-16(10)12-15-11(9-18-12)7-14-13(2,3)4/h9-10,14H,5-8H2,1-4H3. The first kappa shape index (κ1) is 13.8. The van der Waals surface area contributed by atoms with Gasteiger partial charge in [-0.3, -0.25) is 0 Å². The van der Waals surface area contributed by atoms with Crippen LogP contribution in [0.2, 0.25) is 0 Å². The largest absolute Gasteiger partial charge is 0.377 e. The molecule has 1 N–H and O–H groups in total. The van der Waals surface area contributed by atoms with Crippen LogP contribution in [-0.2, 0) is 11.3 Å². The van der Waals surface area contributed by atoms with E-state index >= 15 is 0 Å². The molecule has 1 aromatic heterocycles. The quantitative estimate of drug-likeness (QED) is 0.913. The zero-order valence-electron chi connectivity index (χ0n) is 11.7. The van der Waals surface area contributed by atoms with Crippen LogP contribution in [0, 0.1) is 0 Å². The predicted octanol–water partition coefficient (Wildman–Crippen LogP) is 2.26. The number of rotatable bonds is 3. The highest BCUT2D eigenvalue weighted by molar-refractivity contribution is 7.13. The van der Waals surface area contributed by atoms with Crippen molar-refractivity contribution in [2.75, 3.05) is 24.7 Å². The van der Waals surface area contributed by atoms with E-state index in [9.17, 15) is 0 Å². The Bertz CT molecular complexity index is 386. The molecule has 0 amide bonds. The monoisotopic (exact) mass is 269 g/mol. The minimum Gasteiger partial charge on any atom is -0.377 e. The van der Waals surface area contributed by atoms with Gasteiger partial charge in [0.15, 0.2) is 5.13 Å². The summed E-state index contributed by atoms with van der Waals surface area (Å²) in [6, 6.07) is 0.424. The molecule has 1 fully saturated rings. The Labute approximate surface area is 113 Å². The molecule has 1 unspecified atom stereocenters. The molecule has 2 heterocycles. The van der Waals surface area contributed by atoms with Crippen molar-refractivity contribution in [2.24, 2.45) is 0 Å². The molecule has 0 aliphatic carbocycles. The Morgan fingerprint density at radius 3 is 3.00 bits per heavy atom. The summed E-state index contributed by atoms with van der Waals surface area (Å²) in [5.74, 6) is 0. The molecule has 102 valence electrons. The molecule has 18 heavy (non-hydrogen) atoms. The minimum absolute atomic E-state index is 0.135. The number of anilines is 1. The molecule has 0 bridgehead atoms. The lowest BCUT2D eigenvalue weighted by atomic mass is 10.1. The van der Waals surface area contributed by atoms with Crippen LogP contribution < -0.4 is 10.2 Å². The van der Waals surface area contributed by atoms with Gasteiger partial charge in [-0.25, -0.2) is 4.98 Å². The van der Waals surface area contributed by atoms with Gasteiger partial charge in [0.2, 0.25) is 0 Å². The number of thiazole rings is 1. The highest BCUT2D eigenvalue weighted by Crippen LogP contribution is 2.24. The van der Waals surface area contributed by atoms with Crippen LogP contribution >= 0.6 is 11.3 Å². The van der Waals surface area contributed by atoms with Gasteiger partial charge in [-0.1, -0.05) is 0 Å². The SMILES string of the molecule is CC1COCCN1c1nc(CNC(C)(C)C)cs1. The first-order valence-corrected chi connectivity index (χ1v) is 7.37. The second kappa shape index (κ2) is 5.55. The Morgan fingerprint density at radius 1 is 1.56 bits per heavy atom. The average Bonchev–Trinajstić information content (AvgIpc) is 2.75. The fraction of sp³-hybridized carbons (Fsp3) is 0.769. The number of nitrogens with zero attached hydrogens (tertiary/aromatic N) is 2. The van der Waals surface area contributed by atoms with Gasteiger partial charge < -0.3 is 15.0 Å². The van der Waals surface area contributed by atoms with E-state index in [4.69, 9.17) is 9.72 Å². The van der Waals surface area contributed by atoms with Crippen LogP contribution in [0.4, 0.5) is 5.13 Å². The van der Waals surface area contributed by atoms with Crippen molar-refractivity contribution >= 4 is 16.5 Å². The van der Waals surface area contributed by atoms with Crippen LogP contribution in [0.1, 0.15) is 33.4 Å². The maximum atomic E-state index is 5.46. The molecule has 1 aliphatic rings. The lowest BCUT2D eigenvalue weighted by Crippen LogP contribution is -2.43. The Hall–Kier alpha value is -0.650. The number of ether oxygens (including phenoxy) is 1. The van der Waals surface area contributed by atoms with Gasteiger partial charge in [0.25, 0.3) is 0 Å². The molecule has 0 saturated carbocycles. The van der Waals surface area contributed by atoms with Gasteiger partial charge in [0.05, 0.1) is 24.9 Å². The molecule has 0 spiro atoms. The van der Waals surface area contributed by atoms with Gasteiger partial charge in [0, 0.05) is 24.0 Å². The van der Waals surface area contributed by atoms with Crippen molar-refractivity contribution in [2.45, 2.75) is 45.8 Å². The summed E-state index contributed by atoms with van der Waals surface area (Å²) in [7, 11) is 0. The summed E-state index contributed by atoms with van der Waals surface area (Å²) in [4.78, 5) is 7.06. The topological polar surface area (TPSA) is 37.4 Å². The van der Waals surface area contributed by atoms with Crippen LogP contribution in [0.5, 0.6) is 0 Å². The first-order valence-electron chi connectivity index (χ1n) is 6.49. The third-order valence-electron chi connectivity index (χ3n) is 2.95. The van der Waals surface area contributed by atoms with E-state index < -0.39 is 0 Å². The number of morpholine rings is 1. The fourth-order valence-corrected chi connectivity index (χ4v) is 2.83. The molecular formula is C13H23N3OS. The fourth-order valence-electron chi connectivity index (χ4n) is 1.88. The molecule has 4 nitrogen and oxygen atoms in total. The second-order valence-electron chi connectivity index (χ2n) is 5.84. The van der Waals surface area contributed by atoms with E-state index in [1.165, 1.54) is 0 Å². The van der Waals surface area contributed by atoms with Gasteiger partial charge >= 0.3 is 0 Å². The second-order valence-corrected chi connectivity index (χ2v) is 6.68. The third kappa shape index (κ3) is 3.67. The number of hydrogen-bond donors (Lipinski definition) is 1. The molecule has 5 heteroatoms. The predicted molar refractivity (Wildman–Crippen MR) is 76.3 cm³/mol. The highest BCUT2D eigenvalue weighted by atomic mass is 32.1.